The van der Waals surface area contributed by atoms with Crippen molar-refractivity contribution in [1.29, 1.82) is 0 Å². The maximum absolute atomic E-state index is 14.5. The molecule has 2 aliphatic heterocycles. The highest BCUT2D eigenvalue weighted by molar-refractivity contribution is 5.99. The number of nitrogens with zero attached hydrogens (tertiary/aromatic N) is 6. The van der Waals surface area contributed by atoms with Gasteiger partial charge in [0.25, 0.3) is 5.91 Å². The maximum atomic E-state index is 14.5. The zero-order chi connectivity index (χ0) is 32.3. The van der Waals surface area contributed by atoms with Gasteiger partial charge in [-0.2, -0.15) is 0 Å². The zero-order valence-electron chi connectivity index (χ0n) is 25.5. The number of amides is 2. The summed E-state index contributed by atoms with van der Waals surface area (Å²) in [5.74, 6) is -0.595. The van der Waals surface area contributed by atoms with Crippen molar-refractivity contribution < 1.29 is 24.0 Å². The molecule has 0 bridgehead atoms. The molecule has 2 saturated heterocycles. The number of carbonyl (C=O) groups excluding carboxylic acids is 1. The van der Waals surface area contributed by atoms with E-state index in [1.54, 1.807) is 23.4 Å². The molecule has 0 radical (unpaired) electrons. The van der Waals surface area contributed by atoms with E-state index in [0.717, 1.165) is 35.6 Å². The Labute approximate surface area is 269 Å². The summed E-state index contributed by atoms with van der Waals surface area (Å²) < 4.78 is 12.1. The highest BCUT2D eigenvalue weighted by Gasteiger charge is 2.35. The fourth-order valence-corrected chi connectivity index (χ4v) is 6.27. The van der Waals surface area contributed by atoms with Crippen LogP contribution in [0.3, 0.4) is 0 Å². The lowest BCUT2D eigenvalue weighted by molar-refractivity contribution is 0.0447. The van der Waals surface area contributed by atoms with Crippen LogP contribution in [0, 0.1) is 0 Å². The van der Waals surface area contributed by atoms with Crippen molar-refractivity contribution >= 4 is 17.7 Å². The third-order valence-electron chi connectivity index (χ3n) is 8.65. The molecule has 1 atom stereocenters. The molecule has 2 aromatic heterocycles. The fourth-order valence-electron chi connectivity index (χ4n) is 6.27. The lowest BCUT2D eigenvalue weighted by atomic mass is 10.00. The van der Waals surface area contributed by atoms with Gasteiger partial charge in [-0.1, -0.05) is 65.8 Å². The topological polar surface area (TPSA) is 150 Å². The molecule has 2 fully saturated rings. The van der Waals surface area contributed by atoms with Gasteiger partial charge in [-0.25, -0.2) is 14.6 Å². The summed E-state index contributed by atoms with van der Waals surface area (Å²) in [4.78, 5) is 50.4. The van der Waals surface area contributed by atoms with Crippen LogP contribution in [0.25, 0.3) is 28.3 Å². The Morgan fingerprint density at radius 2 is 1.66 bits per heavy atom. The average molecular weight is 636 g/mol. The van der Waals surface area contributed by atoms with E-state index in [2.05, 4.69) is 31.7 Å². The summed E-state index contributed by atoms with van der Waals surface area (Å²) in [6.07, 6.45) is 1.07. The van der Waals surface area contributed by atoms with E-state index in [-0.39, 0.29) is 25.5 Å². The molecule has 0 saturated carbocycles. The second-order valence-electron chi connectivity index (χ2n) is 11.5. The Hall–Kier alpha value is -5.69. The molecular weight excluding hydrogens is 602 g/mol. The molecule has 0 aliphatic carbocycles. The van der Waals surface area contributed by atoms with Gasteiger partial charge in [-0.15, -0.1) is 0 Å². The number of rotatable bonds is 7. The number of imidazole rings is 1. The molecule has 47 heavy (non-hydrogen) atoms. The lowest BCUT2D eigenvalue weighted by Gasteiger charge is -2.40. The number of H-pyrrole nitrogens is 1. The summed E-state index contributed by atoms with van der Waals surface area (Å²) in [6, 6.07) is 24.8. The number of hydrogen-bond donors (Lipinski definition) is 2. The normalized spacial score (nSPS) is 16.8. The maximum Gasteiger partial charge on any atom is 0.439 e. The van der Waals surface area contributed by atoms with Gasteiger partial charge in [0, 0.05) is 55.2 Å². The number of benzene rings is 3. The summed E-state index contributed by atoms with van der Waals surface area (Å²) >= 11 is 0. The van der Waals surface area contributed by atoms with Crippen LogP contribution in [0.15, 0.2) is 94.5 Å². The monoisotopic (exact) mass is 635 g/mol. The molecule has 0 unspecified atom stereocenters. The second-order valence-corrected chi connectivity index (χ2v) is 11.5. The van der Waals surface area contributed by atoms with E-state index >= 15 is 0 Å². The highest BCUT2D eigenvalue weighted by Crippen LogP contribution is 2.31. The van der Waals surface area contributed by atoms with Crippen molar-refractivity contribution in [3.8, 4) is 28.3 Å². The Morgan fingerprint density at radius 1 is 0.894 bits per heavy atom. The van der Waals surface area contributed by atoms with Crippen LogP contribution >= 0.6 is 0 Å². The van der Waals surface area contributed by atoms with Gasteiger partial charge in [0.05, 0.1) is 24.9 Å². The summed E-state index contributed by atoms with van der Waals surface area (Å²) in [5.41, 5.74) is 5.30. The Kier molecular flexibility index (Phi) is 8.27. The summed E-state index contributed by atoms with van der Waals surface area (Å²) in [7, 11) is 0. The van der Waals surface area contributed by atoms with Gasteiger partial charge in [-0.3, -0.25) is 18.9 Å². The quantitative estimate of drug-likeness (QED) is 0.273. The molecule has 2 N–H and O–H groups in total. The van der Waals surface area contributed by atoms with E-state index in [1.165, 1.54) is 4.90 Å². The molecule has 2 amide bonds. The second kappa shape index (κ2) is 13.0. The van der Waals surface area contributed by atoms with Gasteiger partial charge >= 0.3 is 11.8 Å². The Bertz CT molecular complexity index is 1930. The third kappa shape index (κ3) is 6.25. The van der Waals surface area contributed by atoms with E-state index < -0.39 is 17.9 Å². The van der Waals surface area contributed by atoms with Gasteiger partial charge in [-0.05, 0) is 30.2 Å². The van der Waals surface area contributed by atoms with E-state index in [4.69, 9.17) is 9.72 Å². The lowest BCUT2D eigenvalue weighted by Crippen LogP contribution is -2.57. The van der Waals surface area contributed by atoms with E-state index in [1.807, 2.05) is 59.2 Å². The van der Waals surface area contributed by atoms with Crippen molar-refractivity contribution in [2.45, 2.75) is 12.5 Å². The third-order valence-corrected chi connectivity index (χ3v) is 8.65. The minimum Gasteiger partial charge on any atom is -0.465 e. The number of nitrogens with one attached hydrogen (secondary N) is 1. The molecule has 2 aliphatic rings. The zero-order valence-corrected chi connectivity index (χ0v) is 25.5. The average Bonchev–Trinajstić information content (AvgIpc) is 3.76. The van der Waals surface area contributed by atoms with Crippen molar-refractivity contribution in [3.63, 3.8) is 0 Å². The van der Waals surface area contributed by atoms with Crippen LogP contribution in [0.1, 0.15) is 16.1 Å². The molecule has 7 rings (SSSR count). The van der Waals surface area contributed by atoms with E-state index in [9.17, 15) is 19.5 Å². The highest BCUT2D eigenvalue weighted by atomic mass is 16.5. The first-order valence-corrected chi connectivity index (χ1v) is 15.4. The van der Waals surface area contributed by atoms with Crippen molar-refractivity contribution in [3.05, 3.63) is 107 Å². The molecule has 5 aromatic rings. The first-order valence-electron chi connectivity index (χ1n) is 15.4. The molecule has 240 valence electrons. The molecule has 4 heterocycles. The smallest absolute Gasteiger partial charge is 0.439 e. The number of piperazine rings is 1. The number of hydrogen-bond acceptors (Lipinski definition) is 8. The first kappa shape index (κ1) is 30.0. The molecular formula is C34H33N7O6. The van der Waals surface area contributed by atoms with Gasteiger partial charge in [0.1, 0.15) is 6.33 Å². The predicted octanol–water partition coefficient (Wildman–Crippen LogP) is 3.77. The Balaban J connectivity index is 1.22. The number of aromatic amines is 1. The van der Waals surface area contributed by atoms with Crippen LogP contribution in [0.4, 0.5) is 10.5 Å². The largest absolute Gasteiger partial charge is 0.465 e. The summed E-state index contributed by atoms with van der Waals surface area (Å²) in [5, 5.41) is 13.5. The molecule has 13 nitrogen and oxygen atoms in total. The summed E-state index contributed by atoms with van der Waals surface area (Å²) in [6.45, 7) is 3.52. The molecule has 13 heteroatoms. The number of aromatic nitrogens is 4. The first-order chi connectivity index (χ1) is 22.9. The minimum atomic E-state index is -1.03. The van der Waals surface area contributed by atoms with E-state index in [0.29, 0.717) is 42.4 Å². The van der Waals surface area contributed by atoms with Gasteiger partial charge in [0.2, 0.25) is 0 Å². The SMILES string of the molecule is O=C(O)N1CCN(C(=O)c2ncn(-c3cccc(N4CCOCC4)c3)c2-c2ccccc2)[C@H](Cc2ccc(-c3noc(=O)[nH]3)cc2)C1. The number of morpholine rings is 1. The number of anilines is 1. The van der Waals surface area contributed by atoms with Crippen LogP contribution in [0.2, 0.25) is 0 Å². The molecule has 3 aromatic carbocycles. The number of carboxylic acid groups (broad SMARTS) is 1. The standard InChI is InChI=1S/C34H33N7O6/c42-32(40-14-13-39(34(44)45)21-28(40)19-23-9-11-25(12-10-23)31-36-33(43)47-37-31)29-30(24-5-2-1-3-6-24)41(22-35-29)27-8-4-7-26(20-27)38-15-17-46-18-16-38/h1-12,20,22,28H,13-19,21H2,(H,44,45)(H,36,37,43)/t28-/m1/s1. The predicted molar refractivity (Wildman–Crippen MR) is 173 cm³/mol. The van der Waals surface area contributed by atoms with Crippen molar-refractivity contribution in [2.75, 3.05) is 50.8 Å². The van der Waals surface area contributed by atoms with Crippen LogP contribution in [-0.2, 0) is 11.2 Å². The van der Waals surface area contributed by atoms with Crippen LogP contribution in [-0.4, -0.2) is 98.6 Å². The number of ether oxygens (including phenoxy) is 1. The minimum absolute atomic E-state index is 0.155. The molecule has 0 spiro atoms. The van der Waals surface area contributed by atoms with Crippen LogP contribution in [0.5, 0.6) is 0 Å². The van der Waals surface area contributed by atoms with Gasteiger partial charge in [0.15, 0.2) is 11.5 Å². The van der Waals surface area contributed by atoms with Crippen LogP contribution < -0.4 is 10.7 Å². The fraction of sp³-hybridized carbons (Fsp3) is 0.265. The van der Waals surface area contributed by atoms with Gasteiger partial charge < -0.3 is 24.5 Å². The van der Waals surface area contributed by atoms with Crippen molar-refractivity contribution in [1.82, 2.24) is 29.5 Å². The number of carbonyl (C=O) groups is 2. The van der Waals surface area contributed by atoms with Crippen molar-refractivity contribution in [2.24, 2.45) is 0 Å². The Morgan fingerprint density at radius 3 is 2.38 bits per heavy atom.